The zero-order valence-corrected chi connectivity index (χ0v) is 12.8. The minimum atomic E-state index is -4.30. The summed E-state index contributed by atoms with van der Waals surface area (Å²) in [6.07, 6.45) is -5.13. The van der Waals surface area contributed by atoms with Gasteiger partial charge in [-0.15, -0.1) is 0 Å². The van der Waals surface area contributed by atoms with E-state index in [1.165, 1.54) is 5.56 Å². The van der Waals surface area contributed by atoms with E-state index in [1.807, 2.05) is 24.3 Å². The number of benzene rings is 1. The van der Waals surface area contributed by atoms with Gasteiger partial charge in [0.25, 0.3) is 0 Å². The van der Waals surface area contributed by atoms with E-state index in [-0.39, 0.29) is 6.61 Å². The molecule has 1 aromatic carbocycles. The summed E-state index contributed by atoms with van der Waals surface area (Å²) in [5.41, 5.74) is 1.92. The smallest absolute Gasteiger partial charge is 0.364 e. The van der Waals surface area contributed by atoms with Crippen LogP contribution in [0.2, 0.25) is 0 Å². The van der Waals surface area contributed by atoms with Gasteiger partial charge in [0.2, 0.25) is 0 Å². The molecule has 0 fully saturated rings. The Bertz CT molecular complexity index is 401. The van der Waals surface area contributed by atoms with Gasteiger partial charge in [0.15, 0.2) is 6.10 Å². The Morgan fingerprint density at radius 3 is 2.14 bits per heavy atom. The summed E-state index contributed by atoms with van der Waals surface area (Å²) in [5.74, 6) is 0.625. The highest BCUT2D eigenvalue weighted by molar-refractivity contribution is 5.22. The molecule has 0 aromatic heterocycles. The maximum Gasteiger partial charge on any atom is 0.414 e. The lowest BCUT2D eigenvalue weighted by Gasteiger charge is -2.16. The Balaban J connectivity index is 2.33. The molecule has 1 N–H and O–H groups in total. The third kappa shape index (κ3) is 7.48. The molecule has 0 aliphatic heterocycles. The van der Waals surface area contributed by atoms with Crippen molar-refractivity contribution >= 4 is 0 Å². The number of ether oxygens (including phenoxy) is 1. The highest BCUT2D eigenvalue weighted by Gasteiger charge is 2.36. The van der Waals surface area contributed by atoms with Crippen molar-refractivity contribution in [1.29, 1.82) is 0 Å². The predicted octanol–water partition coefficient (Wildman–Crippen LogP) is 3.94. The monoisotopic (exact) mass is 303 g/mol. The fourth-order valence-electron chi connectivity index (χ4n) is 1.74. The van der Waals surface area contributed by atoms with Crippen LogP contribution in [0.4, 0.5) is 13.2 Å². The molecule has 0 heterocycles. The molecule has 0 amide bonds. The van der Waals surface area contributed by atoms with E-state index in [0.29, 0.717) is 5.92 Å². The van der Waals surface area contributed by atoms with Crippen molar-refractivity contribution in [3.63, 3.8) is 0 Å². The van der Waals surface area contributed by atoms with Crippen LogP contribution in [0.15, 0.2) is 24.3 Å². The second-order valence-corrected chi connectivity index (χ2v) is 5.66. The lowest BCUT2D eigenvalue weighted by Crippen LogP contribution is -2.28. The third-order valence-electron chi connectivity index (χ3n) is 3.13. The highest BCUT2D eigenvalue weighted by atomic mass is 19.4. The van der Waals surface area contributed by atoms with E-state index in [9.17, 15) is 13.2 Å². The summed E-state index contributed by atoms with van der Waals surface area (Å²) < 4.78 is 41.8. The van der Waals surface area contributed by atoms with E-state index in [2.05, 4.69) is 19.2 Å². The number of nitrogens with one attached hydrogen (secondary N) is 1. The van der Waals surface area contributed by atoms with Crippen LogP contribution in [-0.2, 0) is 17.8 Å². The van der Waals surface area contributed by atoms with Crippen LogP contribution < -0.4 is 5.32 Å². The van der Waals surface area contributed by atoms with Crippen molar-refractivity contribution in [3.8, 4) is 0 Å². The molecular formula is C16H24F3NO. The Hall–Kier alpha value is -1.07. The van der Waals surface area contributed by atoms with Crippen molar-refractivity contribution in [2.24, 2.45) is 5.92 Å². The fourth-order valence-corrected chi connectivity index (χ4v) is 1.74. The van der Waals surface area contributed by atoms with Crippen LogP contribution in [0.25, 0.3) is 0 Å². The maximum absolute atomic E-state index is 12.3. The first-order valence-corrected chi connectivity index (χ1v) is 7.26. The highest BCUT2D eigenvalue weighted by Crippen LogP contribution is 2.23. The van der Waals surface area contributed by atoms with Crippen molar-refractivity contribution in [2.75, 3.05) is 13.1 Å². The molecule has 1 rings (SSSR count). The van der Waals surface area contributed by atoms with Crippen LogP contribution in [0, 0.1) is 5.92 Å². The number of hydrogen-bond acceptors (Lipinski definition) is 2. The predicted molar refractivity (Wildman–Crippen MR) is 78.2 cm³/mol. The van der Waals surface area contributed by atoms with E-state index in [4.69, 9.17) is 4.74 Å². The van der Waals surface area contributed by atoms with E-state index >= 15 is 0 Å². The van der Waals surface area contributed by atoms with E-state index in [1.54, 1.807) is 0 Å². The summed E-state index contributed by atoms with van der Waals surface area (Å²) >= 11 is 0. The third-order valence-corrected chi connectivity index (χ3v) is 3.13. The summed E-state index contributed by atoms with van der Waals surface area (Å²) in [5, 5.41) is 3.35. The number of halogens is 3. The number of hydrogen-bond donors (Lipinski definition) is 1. The quantitative estimate of drug-likeness (QED) is 0.734. The summed E-state index contributed by atoms with van der Waals surface area (Å²) in [6.45, 7) is 7.20. The topological polar surface area (TPSA) is 21.3 Å². The SMILES string of the molecule is CC(C)CNCCc1ccc(COC(C)C(F)(F)F)cc1. The molecule has 0 aliphatic rings. The molecule has 0 saturated heterocycles. The van der Waals surface area contributed by atoms with Gasteiger partial charge in [-0.05, 0) is 43.5 Å². The van der Waals surface area contributed by atoms with Gasteiger partial charge < -0.3 is 10.1 Å². The van der Waals surface area contributed by atoms with Crippen molar-refractivity contribution in [1.82, 2.24) is 5.32 Å². The molecule has 1 unspecified atom stereocenters. The average Bonchev–Trinajstić information content (AvgIpc) is 2.41. The Morgan fingerprint density at radius 1 is 1.05 bits per heavy atom. The summed E-state index contributed by atoms with van der Waals surface area (Å²) in [6, 6.07) is 7.52. The Labute approximate surface area is 124 Å². The number of alkyl halides is 3. The Morgan fingerprint density at radius 2 is 1.62 bits per heavy atom. The largest absolute Gasteiger partial charge is 0.414 e. The average molecular weight is 303 g/mol. The van der Waals surface area contributed by atoms with Gasteiger partial charge in [0.1, 0.15) is 0 Å². The van der Waals surface area contributed by atoms with Gasteiger partial charge in [0.05, 0.1) is 6.61 Å². The van der Waals surface area contributed by atoms with Gasteiger partial charge in [-0.3, -0.25) is 0 Å². The van der Waals surface area contributed by atoms with Gasteiger partial charge in [-0.25, -0.2) is 0 Å². The van der Waals surface area contributed by atoms with Crippen LogP contribution in [0.5, 0.6) is 0 Å². The van der Waals surface area contributed by atoms with Crippen LogP contribution >= 0.6 is 0 Å². The first-order valence-electron chi connectivity index (χ1n) is 7.26. The van der Waals surface area contributed by atoms with Crippen LogP contribution in [0.1, 0.15) is 31.9 Å². The molecule has 0 bridgehead atoms. The Kier molecular flexibility index (Phi) is 7.18. The molecule has 0 radical (unpaired) electrons. The van der Waals surface area contributed by atoms with Crippen molar-refractivity contribution in [3.05, 3.63) is 35.4 Å². The first kappa shape index (κ1) is 18.0. The van der Waals surface area contributed by atoms with Gasteiger partial charge in [-0.2, -0.15) is 13.2 Å². The lowest BCUT2D eigenvalue weighted by molar-refractivity contribution is -0.217. The molecule has 2 nitrogen and oxygen atoms in total. The molecule has 1 atom stereocenters. The molecule has 0 aliphatic carbocycles. The molecule has 0 spiro atoms. The van der Waals surface area contributed by atoms with Gasteiger partial charge in [0, 0.05) is 0 Å². The van der Waals surface area contributed by atoms with Crippen molar-refractivity contribution in [2.45, 2.75) is 46.1 Å². The second kappa shape index (κ2) is 8.39. The number of rotatable bonds is 8. The summed E-state index contributed by atoms with van der Waals surface area (Å²) in [7, 11) is 0. The molecule has 21 heavy (non-hydrogen) atoms. The normalized spacial score (nSPS) is 13.7. The van der Waals surface area contributed by atoms with Crippen LogP contribution in [-0.4, -0.2) is 25.4 Å². The maximum atomic E-state index is 12.3. The zero-order chi connectivity index (χ0) is 15.9. The van der Waals surface area contributed by atoms with E-state index in [0.717, 1.165) is 32.0 Å². The molecular weight excluding hydrogens is 279 g/mol. The van der Waals surface area contributed by atoms with Gasteiger partial charge >= 0.3 is 6.18 Å². The molecule has 0 saturated carbocycles. The van der Waals surface area contributed by atoms with E-state index < -0.39 is 12.3 Å². The minimum Gasteiger partial charge on any atom is -0.364 e. The lowest BCUT2D eigenvalue weighted by atomic mass is 10.1. The summed E-state index contributed by atoms with van der Waals surface area (Å²) in [4.78, 5) is 0. The fraction of sp³-hybridized carbons (Fsp3) is 0.625. The molecule has 120 valence electrons. The van der Waals surface area contributed by atoms with Gasteiger partial charge in [-0.1, -0.05) is 38.1 Å². The molecule has 5 heteroatoms. The zero-order valence-electron chi connectivity index (χ0n) is 12.8. The molecule has 1 aromatic rings. The minimum absolute atomic E-state index is 0.0213. The van der Waals surface area contributed by atoms with Crippen molar-refractivity contribution < 1.29 is 17.9 Å². The standard InChI is InChI=1S/C16H24F3NO/c1-12(2)10-20-9-8-14-4-6-15(7-5-14)11-21-13(3)16(17,18)19/h4-7,12-13,20H,8-11H2,1-3H3. The first-order chi connectivity index (χ1) is 9.79. The second-order valence-electron chi connectivity index (χ2n) is 5.66. The van der Waals surface area contributed by atoms with Crippen LogP contribution in [0.3, 0.4) is 0 Å².